The van der Waals surface area contributed by atoms with Gasteiger partial charge in [-0.3, -0.25) is 4.72 Å². The highest BCUT2D eigenvalue weighted by Crippen LogP contribution is 2.21. The van der Waals surface area contributed by atoms with Crippen molar-refractivity contribution in [3.8, 4) is 0 Å². The maximum Gasteiger partial charge on any atom is 0.246 e. The lowest BCUT2D eigenvalue weighted by Gasteiger charge is -2.16. The lowest BCUT2D eigenvalue weighted by molar-refractivity contribution is 0.605. The van der Waals surface area contributed by atoms with E-state index in [1.165, 1.54) is 0 Å². The molecule has 0 saturated heterocycles. The van der Waals surface area contributed by atoms with Gasteiger partial charge in [0.15, 0.2) is 5.82 Å². The average Bonchev–Trinajstić information content (AvgIpc) is 2.18. The van der Waals surface area contributed by atoms with E-state index >= 15 is 0 Å². The van der Waals surface area contributed by atoms with Gasteiger partial charge < -0.3 is 4.90 Å². The van der Waals surface area contributed by atoms with Gasteiger partial charge in [0.25, 0.3) is 0 Å². The molecule has 1 heterocycles. The summed E-state index contributed by atoms with van der Waals surface area (Å²) in [4.78, 5) is 5.77. The lowest BCUT2D eigenvalue weighted by atomic mass is 10.4. The molecule has 5 nitrogen and oxygen atoms in total. The van der Waals surface area contributed by atoms with Crippen LogP contribution in [0.2, 0.25) is 0 Å². The summed E-state index contributed by atoms with van der Waals surface area (Å²) in [6.45, 7) is 0. The van der Waals surface area contributed by atoms with E-state index in [2.05, 4.69) is 9.71 Å². The number of halogens is 1. The zero-order chi connectivity index (χ0) is 11.5. The summed E-state index contributed by atoms with van der Waals surface area (Å²) in [6.07, 6.45) is 1.59. The second-order valence-electron chi connectivity index (χ2n) is 3.09. The van der Waals surface area contributed by atoms with Crippen molar-refractivity contribution in [1.29, 1.82) is 0 Å². The van der Waals surface area contributed by atoms with Crippen LogP contribution in [0.5, 0.6) is 0 Å². The van der Waals surface area contributed by atoms with E-state index in [1.54, 1.807) is 37.3 Å². The molecule has 0 aliphatic carbocycles. The third kappa shape index (κ3) is 3.24. The fourth-order valence-corrected chi connectivity index (χ4v) is 1.74. The third-order valence-electron chi connectivity index (χ3n) is 1.62. The Hall–Kier alpha value is -1.01. The zero-order valence-electron chi connectivity index (χ0n) is 8.44. The molecule has 0 saturated carbocycles. The Morgan fingerprint density at radius 3 is 2.73 bits per heavy atom. The molecular formula is C8H12ClN3O2S. The zero-order valence-corrected chi connectivity index (χ0v) is 10.0. The second-order valence-corrected chi connectivity index (χ2v) is 5.40. The minimum Gasteiger partial charge on any atom is -0.361 e. The molecule has 1 aromatic heterocycles. The predicted molar refractivity (Wildman–Crippen MR) is 61.8 cm³/mol. The van der Waals surface area contributed by atoms with Crippen molar-refractivity contribution in [2.75, 3.05) is 28.9 Å². The largest absolute Gasteiger partial charge is 0.361 e. The first-order valence-electron chi connectivity index (χ1n) is 4.15. The number of nitrogens with one attached hydrogen (secondary N) is 1. The molecule has 0 radical (unpaired) electrons. The van der Waals surface area contributed by atoms with E-state index in [9.17, 15) is 8.42 Å². The number of hydrogen-bond donors (Lipinski definition) is 1. The third-order valence-corrected chi connectivity index (χ3v) is 3.30. The van der Waals surface area contributed by atoms with E-state index < -0.39 is 15.2 Å². The molecule has 0 aliphatic rings. The Morgan fingerprint density at radius 1 is 1.53 bits per heavy atom. The van der Waals surface area contributed by atoms with Crippen LogP contribution in [0.4, 0.5) is 11.5 Å². The maximum atomic E-state index is 11.3. The Bertz CT molecular complexity index is 433. The van der Waals surface area contributed by atoms with Crippen LogP contribution >= 0.6 is 11.6 Å². The highest BCUT2D eigenvalue weighted by atomic mass is 35.5. The molecule has 0 amide bonds. The standard InChI is InChI=1S/C8H12ClN3O2S/c1-12(2)8-7(4-3-5-10-8)11-15(13,14)6-9/h3-5,11H,6H2,1-2H3. The fraction of sp³-hybridized carbons (Fsp3) is 0.375. The van der Waals surface area contributed by atoms with Gasteiger partial charge in [-0.15, -0.1) is 11.6 Å². The molecule has 7 heteroatoms. The molecule has 1 N–H and O–H groups in total. The number of rotatable bonds is 4. The highest BCUT2D eigenvalue weighted by molar-refractivity contribution is 7.93. The highest BCUT2D eigenvalue weighted by Gasteiger charge is 2.12. The van der Waals surface area contributed by atoms with E-state index in [0.717, 1.165) is 0 Å². The first-order chi connectivity index (χ1) is 6.96. The van der Waals surface area contributed by atoms with Crippen molar-refractivity contribution in [3.63, 3.8) is 0 Å². The minimum atomic E-state index is -3.48. The van der Waals surface area contributed by atoms with Gasteiger partial charge in [0, 0.05) is 20.3 Å². The summed E-state index contributed by atoms with van der Waals surface area (Å²) in [6, 6.07) is 3.28. The Morgan fingerprint density at radius 2 is 2.20 bits per heavy atom. The van der Waals surface area contributed by atoms with Gasteiger partial charge in [-0.1, -0.05) is 0 Å². The normalized spacial score (nSPS) is 11.1. The summed E-state index contributed by atoms with van der Waals surface area (Å²) in [5.74, 6) is 0.547. The van der Waals surface area contributed by atoms with Gasteiger partial charge in [0.05, 0.1) is 5.69 Å². The molecule has 0 unspecified atom stereocenters. The Balaban J connectivity index is 3.05. The van der Waals surface area contributed by atoms with Gasteiger partial charge in [0.1, 0.15) is 5.21 Å². The molecule has 0 bridgehead atoms. The number of anilines is 2. The fourth-order valence-electron chi connectivity index (χ4n) is 1.03. The van der Waals surface area contributed by atoms with Gasteiger partial charge in [-0.25, -0.2) is 13.4 Å². The number of sulfonamides is 1. The van der Waals surface area contributed by atoms with Crippen molar-refractivity contribution in [2.24, 2.45) is 0 Å². The van der Waals surface area contributed by atoms with Crippen LogP contribution in [-0.2, 0) is 10.0 Å². The van der Waals surface area contributed by atoms with Gasteiger partial charge in [0.2, 0.25) is 10.0 Å². The van der Waals surface area contributed by atoms with Gasteiger partial charge >= 0.3 is 0 Å². The number of hydrogen-bond acceptors (Lipinski definition) is 4. The number of alkyl halides is 1. The number of nitrogens with zero attached hydrogens (tertiary/aromatic N) is 2. The van der Waals surface area contributed by atoms with Crippen LogP contribution < -0.4 is 9.62 Å². The maximum absolute atomic E-state index is 11.3. The molecule has 0 aliphatic heterocycles. The molecule has 0 aromatic carbocycles. The van der Waals surface area contributed by atoms with Crippen LogP contribution in [0.15, 0.2) is 18.3 Å². The molecule has 1 rings (SSSR count). The Kier molecular flexibility index (Phi) is 3.76. The lowest BCUT2D eigenvalue weighted by Crippen LogP contribution is -2.18. The number of aromatic nitrogens is 1. The molecule has 15 heavy (non-hydrogen) atoms. The molecule has 1 aromatic rings. The van der Waals surface area contributed by atoms with Crippen molar-refractivity contribution in [3.05, 3.63) is 18.3 Å². The monoisotopic (exact) mass is 249 g/mol. The molecule has 0 spiro atoms. The van der Waals surface area contributed by atoms with Crippen LogP contribution in [0.3, 0.4) is 0 Å². The Labute approximate surface area is 94.1 Å². The van der Waals surface area contributed by atoms with Crippen LogP contribution in [-0.4, -0.2) is 32.7 Å². The topological polar surface area (TPSA) is 62.3 Å². The molecule has 0 fully saturated rings. The average molecular weight is 250 g/mol. The quantitative estimate of drug-likeness (QED) is 0.812. The van der Waals surface area contributed by atoms with E-state index in [1.807, 2.05) is 0 Å². The first kappa shape index (κ1) is 12.1. The minimum absolute atomic E-state index is 0.420. The summed E-state index contributed by atoms with van der Waals surface area (Å²) >= 11 is 5.29. The van der Waals surface area contributed by atoms with Crippen LogP contribution in [0, 0.1) is 0 Å². The molecular weight excluding hydrogens is 238 g/mol. The summed E-state index contributed by atoms with van der Waals surface area (Å²) < 4.78 is 24.9. The van der Waals surface area contributed by atoms with Crippen molar-refractivity contribution >= 4 is 33.1 Å². The van der Waals surface area contributed by atoms with Gasteiger partial charge in [-0.2, -0.15) is 0 Å². The SMILES string of the molecule is CN(C)c1ncccc1NS(=O)(=O)CCl. The number of pyridine rings is 1. The summed E-state index contributed by atoms with van der Waals surface area (Å²) in [5, 5.41) is -0.477. The van der Waals surface area contributed by atoms with Crippen LogP contribution in [0.25, 0.3) is 0 Å². The van der Waals surface area contributed by atoms with Crippen molar-refractivity contribution < 1.29 is 8.42 Å². The van der Waals surface area contributed by atoms with E-state index in [4.69, 9.17) is 11.6 Å². The smallest absolute Gasteiger partial charge is 0.246 e. The van der Waals surface area contributed by atoms with E-state index in [-0.39, 0.29) is 0 Å². The second kappa shape index (κ2) is 4.67. The van der Waals surface area contributed by atoms with Crippen LogP contribution in [0.1, 0.15) is 0 Å². The van der Waals surface area contributed by atoms with Crippen molar-refractivity contribution in [1.82, 2.24) is 4.98 Å². The van der Waals surface area contributed by atoms with Gasteiger partial charge in [-0.05, 0) is 12.1 Å². The van der Waals surface area contributed by atoms with E-state index in [0.29, 0.717) is 11.5 Å². The van der Waals surface area contributed by atoms with Crippen molar-refractivity contribution in [2.45, 2.75) is 0 Å². The predicted octanol–water partition coefficient (Wildman–Crippen LogP) is 1.09. The molecule has 84 valence electrons. The summed E-state index contributed by atoms with van der Waals surface area (Å²) in [7, 11) is 0.0774. The summed E-state index contributed by atoms with van der Waals surface area (Å²) in [5.41, 5.74) is 0.420. The molecule has 0 atom stereocenters. The first-order valence-corrected chi connectivity index (χ1v) is 6.34.